The van der Waals surface area contributed by atoms with Crippen LogP contribution in [-0.2, 0) is 11.3 Å². The van der Waals surface area contributed by atoms with Crippen LogP contribution in [-0.4, -0.2) is 36.5 Å². The van der Waals surface area contributed by atoms with Gasteiger partial charge in [-0.05, 0) is 37.4 Å². The number of urea groups is 1. The number of carbonyl (C=O) groups is 2. The number of hydrogen-bond acceptors (Lipinski definition) is 3. The monoisotopic (exact) mass is 289 g/mol. The van der Waals surface area contributed by atoms with Gasteiger partial charge in [-0.25, -0.2) is 4.79 Å². The third-order valence-corrected chi connectivity index (χ3v) is 3.79. The number of benzene rings is 1. The summed E-state index contributed by atoms with van der Waals surface area (Å²) in [6, 6.07) is 9.17. The Morgan fingerprint density at radius 3 is 2.52 bits per heavy atom. The Morgan fingerprint density at radius 2 is 1.86 bits per heavy atom. The van der Waals surface area contributed by atoms with Crippen LogP contribution in [0.15, 0.2) is 30.3 Å². The van der Waals surface area contributed by atoms with E-state index in [9.17, 15) is 9.59 Å². The highest BCUT2D eigenvalue weighted by Crippen LogP contribution is 2.15. The van der Waals surface area contributed by atoms with Crippen LogP contribution in [0.25, 0.3) is 0 Å². The largest absolute Gasteiger partial charge is 0.334 e. The summed E-state index contributed by atoms with van der Waals surface area (Å²) in [6.07, 6.45) is 2.24. The molecule has 0 bridgehead atoms. The lowest BCUT2D eigenvalue weighted by Crippen LogP contribution is -2.46. The number of nitrogens with zero attached hydrogens (tertiary/aromatic N) is 1. The quantitative estimate of drug-likeness (QED) is 0.887. The van der Waals surface area contributed by atoms with Crippen molar-refractivity contribution in [1.82, 2.24) is 15.5 Å². The molecule has 0 radical (unpaired) electrons. The van der Waals surface area contributed by atoms with E-state index < -0.39 is 6.03 Å². The van der Waals surface area contributed by atoms with Crippen LogP contribution in [0.5, 0.6) is 0 Å². The van der Waals surface area contributed by atoms with E-state index in [0.717, 1.165) is 37.4 Å². The second kappa shape index (κ2) is 7.78. The first-order valence-electron chi connectivity index (χ1n) is 7.47. The maximum atomic E-state index is 11.8. The minimum Gasteiger partial charge on any atom is -0.334 e. The van der Waals surface area contributed by atoms with Gasteiger partial charge in [0.2, 0.25) is 5.91 Å². The summed E-state index contributed by atoms with van der Waals surface area (Å²) >= 11 is 0. The Bertz CT molecular complexity index is 468. The fourth-order valence-corrected chi connectivity index (χ4v) is 2.41. The predicted molar refractivity (Wildman–Crippen MR) is 81.7 cm³/mol. The number of likely N-dealkylation sites (tertiary alicyclic amines) is 1. The highest BCUT2D eigenvalue weighted by atomic mass is 16.2. The average molecular weight is 289 g/mol. The summed E-state index contributed by atoms with van der Waals surface area (Å²) in [5, 5.41) is 5.06. The van der Waals surface area contributed by atoms with Crippen LogP contribution in [0.2, 0.25) is 0 Å². The molecule has 1 heterocycles. The SMILES string of the molecule is CC1CCN(CC(=O)NC(=O)NCc2ccccc2)CC1. The standard InChI is InChI=1S/C16H23N3O2/c1-13-7-9-19(10-8-13)12-15(20)18-16(21)17-11-14-5-3-2-4-6-14/h2-6,13H,7-12H2,1H3,(H2,17,18,20,21). The van der Waals surface area contributed by atoms with E-state index in [1.807, 2.05) is 30.3 Å². The van der Waals surface area contributed by atoms with E-state index in [-0.39, 0.29) is 5.91 Å². The van der Waals surface area contributed by atoms with E-state index in [1.165, 1.54) is 0 Å². The highest BCUT2D eigenvalue weighted by Gasteiger charge is 2.18. The second-order valence-electron chi connectivity index (χ2n) is 5.68. The van der Waals surface area contributed by atoms with Gasteiger partial charge in [-0.2, -0.15) is 0 Å². The van der Waals surface area contributed by atoms with Gasteiger partial charge in [0.25, 0.3) is 0 Å². The molecule has 0 unspecified atom stereocenters. The molecule has 0 spiro atoms. The van der Waals surface area contributed by atoms with Gasteiger partial charge in [-0.15, -0.1) is 0 Å². The van der Waals surface area contributed by atoms with Gasteiger partial charge >= 0.3 is 6.03 Å². The first-order chi connectivity index (χ1) is 10.1. The van der Waals surface area contributed by atoms with E-state index in [4.69, 9.17) is 0 Å². The van der Waals surface area contributed by atoms with Crippen molar-refractivity contribution in [3.63, 3.8) is 0 Å². The van der Waals surface area contributed by atoms with Gasteiger partial charge in [0.05, 0.1) is 6.54 Å². The number of hydrogen-bond donors (Lipinski definition) is 2. The van der Waals surface area contributed by atoms with Gasteiger partial charge in [0, 0.05) is 6.54 Å². The van der Waals surface area contributed by atoms with Crippen molar-refractivity contribution in [2.45, 2.75) is 26.3 Å². The molecule has 5 heteroatoms. The maximum absolute atomic E-state index is 11.8. The lowest BCUT2D eigenvalue weighted by molar-refractivity contribution is -0.121. The minimum absolute atomic E-state index is 0.241. The van der Waals surface area contributed by atoms with Gasteiger partial charge in [-0.1, -0.05) is 37.3 Å². The normalized spacial score (nSPS) is 16.4. The topological polar surface area (TPSA) is 61.4 Å². The molecule has 1 aliphatic rings. The number of nitrogens with one attached hydrogen (secondary N) is 2. The van der Waals surface area contributed by atoms with Crippen LogP contribution in [0, 0.1) is 5.92 Å². The van der Waals surface area contributed by atoms with Crippen LogP contribution in [0.1, 0.15) is 25.3 Å². The highest BCUT2D eigenvalue weighted by molar-refractivity contribution is 5.95. The van der Waals surface area contributed by atoms with Gasteiger partial charge in [-0.3, -0.25) is 15.0 Å². The van der Waals surface area contributed by atoms with Crippen LogP contribution in [0.4, 0.5) is 4.79 Å². The second-order valence-corrected chi connectivity index (χ2v) is 5.68. The predicted octanol–water partition coefficient (Wildman–Crippen LogP) is 1.74. The van der Waals surface area contributed by atoms with Crippen molar-refractivity contribution in [1.29, 1.82) is 0 Å². The molecule has 1 fully saturated rings. The molecule has 1 aliphatic heterocycles. The van der Waals surface area contributed by atoms with Crippen LogP contribution < -0.4 is 10.6 Å². The van der Waals surface area contributed by atoms with Gasteiger partial charge in [0.1, 0.15) is 0 Å². The molecular weight excluding hydrogens is 266 g/mol. The lowest BCUT2D eigenvalue weighted by Gasteiger charge is -2.29. The third kappa shape index (κ3) is 5.55. The number of rotatable bonds is 4. The molecule has 2 N–H and O–H groups in total. The van der Waals surface area contributed by atoms with Crippen LogP contribution >= 0.6 is 0 Å². The summed E-state index contributed by atoms with van der Waals surface area (Å²) in [7, 11) is 0. The summed E-state index contributed by atoms with van der Waals surface area (Å²) in [6.45, 7) is 4.81. The molecule has 0 atom stereocenters. The Morgan fingerprint density at radius 1 is 1.19 bits per heavy atom. The molecule has 21 heavy (non-hydrogen) atoms. The molecule has 2 rings (SSSR count). The molecule has 0 saturated carbocycles. The molecule has 0 aliphatic carbocycles. The molecule has 1 aromatic carbocycles. The van der Waals surface area contributed by atoms with E-state index >= 15 is 0 Å². The van der Waals surface area contributed by atoms with Crippen molar-refractivity contribution in [2.75, 3.05) is 19.6 Å². The number of amides is 3. The third-order valence-electron chi connectivity index (χ3n) is 3.79. The average Bonchev–Trinajstić information content (AvgIpc) is 2.48. The minimum atomic E-state index is -0.436. The fourth-order valence-electron chi connectivity index (χ4n) is 2.41. The summed E-state index contributed by atoms with van der Waals surface area (Å²) < 4.78 is 0. The Labute approximate surface area is 125 Å². The molecule has 3 amide bonds. The van der Waals surface area contributed by atoms with Crippen LogP contribution in [0.3, 0.4) is 0 Å². The maximum Gasteiger partial charge on any atom is 0.321 e. The number of carbonyl (C=O) groups excluding carboxylic acids is 2. The lowest BCUT2D eigenvalue weighted by atomic mass is 9.99. The zero-order valence-corrected chi connectivity index (χ0v) is 12.5. The Balaban J connectivity index is 1.66. The fraction of sp³-hybridized carbons (Fsp3) is 0.500. The zero-order chi connectivity index (χ0) is 15.1. The van der Waals surface area contributed by atoms with Gasteiger partial charge in [0.15, 0.2) is 0 Å². The van der Waals surface area contributed by atoms with Crippen molar-refractivity contribution >= 4 is 11.9 Å². The van der Waals surface area contributed by atoms with Crippen molar-refractivity contribution in [3.05, 3.63) is 35.9 Å². The molecule has 114 valence electrons. The van der Waals surface area contributed by atoms with E-state index in [1.54, 1.807) is 0 Å². The summed E-state index contributed by atoms with van der Waals surface area (Å²) in [5.41, 5.74) is 1.00. The van der Waals surface area contributed by atoms with Gasteiger partial charge < -0.3 is 5.32 Å². The summed E-state index contributed by atoms with van der Waals surface area (Å²) in [5.74, 6) is 0.494. The summed E-state index contributed by atoms with van der Waals surface area (Å²) in [4.78, 5) is 25.6. The van der Waals surface area contributed by atoms with Crippen molar-refractivity contribution in [2.24, 2.45) is 5.92 Å². The number of imide groups is 1. The molecule has 5 nitrogen and oxygen atoms in total. The molecule has 1 aromatic rings. The van der Waals surface area contributed by atoms with Crippen molar-refractivity contribution in [3.8, 4) is 0 Å². The Kier molecular flexibility index (Phi) is 5.75. The van der Waals surface area contributed by atoms with Crippen molar-refractivity contribution < 1.29 is 9.59 Å². The number of piperidine rings is 1. The van der Waals surface area contributed by atoms with E-state index in [0.29, 0.717) is 13.1 Å². The Hall–Kier alpha value is -1.88. The van der Waals surface area contributed by atoms with E-state index in [2.05, 4.69) is 22.5 Å². The molecule has 0 aromatic heterocycles. The molecule has 1 saturated heterocycles. The zero-order valence-electron chi connectivity index (χ0n) is 12.5. The first-order valence-corrected chi connectivity index (χ1v) is 7.47. The first kappa shape index (κ1) is 15.5. The molecular formula is C16H23N3O2. The smallest absolute Gasteiger partial charge is 0.321 e.